The van der Waals surface area contributed by atoms with E-state index in [-0.39, 0.29) is 5.91 Å². The van der Waals surface area contributed by atoms with Gasteiger partial charge in [0.2, 0.25) is 0 Å². The highest BCUT2D eigenvalue weighted by Crippen LogP contribution is 2.27. The molecule has 0 aliphatic heterocycles. The molecule has 1 amide bonds. The summed E-state index contributed by atoms with van der Waals surface area (Å²) in [6.07, 6.45) is 0. The molecule has 5 nitrogen and oxygen atoms in total. The number of benzene rings is 2. The molecule has 0 radical (unpaired) electrons. The molecule has 0 aliphatic carbocycles. The molecule has 1 aromatic heterocycles. The fourth-order valence-electron chi connectivity index (χ4n) is 2.51. The van der Waals surface area contributed by atoms with Crippen molar-refractivity contribution in [3.8, 4) is 17.2 Å². The van der Waals surface area contributed by atoms with Crippen molar-refractivity contribution in [3.05, 3.63) is 69.9 Å². The minimum absolute atomic E-state index is 0.167. The summed E-state index contributed by atoms with van der Waals surface area (Å²) in [5, 5.41) is 4.83. The first kappa shape index (κ1) is 18.8. The van der Waals surface area contributed by atoms with Gasteiger partial charge >= 0.3 is 0 Å². The van der Waals surface area contributed by atoms with Gasteiger partial charge in [-0.25, -0.2) is 0 Å². The summed E-state index contributed by atoms with van der Waals surface area (Å²) in [6.45, 7) is 2.36. The summed E-state index contributed by atoms with van der Waals surface area (Å²) < 4.78 is 16.2. The van der Waals surface area contributed by atoms with Crippen molar-refractivity contribution < 1.29 is 19.0 Å². The van der Waals surface area contributed by atoms with Crippen molar-refractivity contribution >= 4 is 22.9 Å². The molecule has 0 saturated heterocycles. The maximum atomic E-state index is 12.5. The average Bonchev–Trinajstić information content (AvgIpc) is 3.16. The van der Waals surface area contributed by atoms with Crippen LogP contribution in [0.4, 0.5) is 5.69 Å². The van der Waals surface area contributed by atoms with Gasteiger partial charge in [0.05, 0.1) is 24.8 Å². The van der Waals surface area contributed by atoms with Crippen LogP contribution in [-0.2, 0) is 6.61 Å². The summed E-state index contributed by atoms with van der Waals surface area (Å²) in [5.74, 6) is 1.99. The van der Waals surface area contributed by atoms with Crippen LogP contribution in [0.2, 0.25) is 0 Å². The zero-order valence-electron chi connectivity index (χ0n) is 15.4. The molecule has 0 unspecified atom stereocenters. The number of aryl methyl sites for hydroxylation is 1. The third kappa shape index (κ3) is 4.80. The first-order valence-electron chi connectivity index (χ1n) is 8.39. The Morgan fingerprint density at radius 2 is 1.74 bits per heavy atom. The maximum absolute atomic E-state index is 12.5. The summed E-state index contributed by atoms with van der Waals surface area (Å²) in [6, 6.07) is 14.9. The predicted molar refractivity (Wildman–Crippen MR) is 107 cm³/mol. The second-order valence-electron chi connectivity index (χ2n) is 5.94. The summed E-state index contributed by atoms with van der Waals surface area (Å²) in [4.78, 5) is 13.2. The number of hydrogen-bond donors (Lipinski definition) is 1. The third-order valence-electron chi connectivity index (χ3n) is 3.95. The van der Waals surface area contributed by atoms with Gasteiger partial charge in [-0.3, -0.25) is 4.79 Å². The molecule has 0 aliphatic rings. The molecule has 2 aromatic carbocycles. The van der Waals surface area contributed by atoms with E-state index in [0.717, 1.165) is 22.6 Å². The van der Waals surface area contributed by atoms with Crippen LogP contribution in [-0.4, -0.2) is 20.1 Å². The number of nitrogens with one attached hydrogen (secondary N) is 1. The van der Waals surface area contributed by atoms with Gasteiger partial charge in [0.1, 0.15) is 23.9 Å². The van der Waals surface area contributed by atoms with E-state index in [0.29, 0.717) is 22.9 Å². The van der Waals surface area contributed by atoms with Crippen LogP contribution in [0.5, 0.6) is 17.2 Å². The molecule has 0 bridgehead atoms. The van der Waals surface area contributed by atoms with Crippen LogP contribution in [0.3, 0.4) is 0 Å². The Kier molecular flexibility index (Phi) is 5.98. The fourth-order valence-corrected chi connectivity index (χ4v) is 3.30. The largest absolute Gasteiger partial charge is 0.497 e. The number of carbonyl (C=O) groups excluding carboxylic acids is 1. The number of carbonyl (C=O) groups is 1. The number of ether oxygens (including phenoxy) is 3. The highest BCUT2D eigenvalue weighted by atomic mass is 32.1. The number of thiophene rings is 1. The SMILES string of the molecule is COc1ccc(OCc2csc(C(=O)Nc3cc(C)ccc3OC)c2)cc1. The van der Waals surface area contributed by atoms with Gasteiger partial charge in [0, 0.05) is 5.56 Å². The van der Waals surface area contributed by atoms with Crippen molar-refractivity contribution in [2.45, 2.75) is 13.5 Å². The van der Waals surface area contributed by atoms with Gasteiger partial charge in [-0.1, -0.05) is 6.07 Å². The summed E-state index contributed by atoms with van der Waals surface area (Å²) in [7, 11) is 3.21. The monoisotopic (exact) mass is 383 g/mol. The number of methoxy groups -OCH3 is 2. The van der Waals surface area contributed by atoms with Crippen molar-refractivity contribution in [1.82, 2.24) is 0 Å². The van der Waals surface area contributed by atoms with Crippen LogP contribution in [0, 0.1) is 6.92 Å². The van der Waals surface area contributed by atoms with Crippen LogP contribution in [0.25, 0.3) is 0 Å². The molecule has 0 fully saturated rings. The van der Waals surface area contributed by atoms with Gasteiger partial charge in [-0.2, -0.15) is 0 Å². The zero-order chi connectivity index (χ0) is 19.2. The Morgan fingerprint density at radius 3 is 2.44 bits per heavy atom. The van der Waals surface area contributed by atoms with Gasteiger partial charge in [0.25, 0.3) is 5.91 Å². The van der Waals surface area contributed by atoms with Crippen LogP contribution in [0.1, 0.15) is 20.8 Å². The molecular weight excluding hydrogens is 362 g/mol. The average molecular weight is 383 g/mol. The molecule has 3 rings (SSSR count). The highest BCUT2D eigenvalue weighted by Gasteiger charge is 2.13. The van der Waals surface area contributed by atoms with E-state index in [9.17, 15) is 4.79 Å². The quantitative estimate of drug-likeness (QED) is 0.630. The van der Waals surface area contributed by atoms with Crippen molar-refractivity contribution in [2.24, 2.45) is 0 Å². The molecule has 3 aromatic rings. The van der Waals surface area contributed by atoms with E-state index >= 15 is 0 Å². The standard InChI is InChI=1S/C21H21NO4S/c1-14-4-9-19(25-3)18(10-14)22-21(23)20-11-15(13-27-20)12-26-17-7-5-16(24-2)6-8-17/h4-11,13H,12H2,1-3H3,(H,22,23). The Morgan fingerprint density at radius 1 is 1.00 bits per heavy atom. The van der Waals surface area contributed by atoms with E-state index in [1.54, 1.807) is 14.2 Å². The van der Waals surface area contributed by atoms with Crippen molar-refractivity contribution in [1.29, 1.82) is 0 Å². The molecule has 0 atom stereocenters. The Labute approximate surface area is 162 Å². The van der Waals surface area contributed by atoms with Gasteiger partial charge in [0.15, 0.2) is 0 Å². The molecule has 140 valence electrons. The van der Waals surface area contributed by atoms with E-state index < -0.39 is 0 Å². The Bertz CT molecular complexity index is 918. The molecule has 1 heterocycles. The predicted octanol–water partition coefficient (Wildman–Crippen LogP) is 4.91. The minimum atomic E-state index is -0.167. The van der Waals surface area contributed by atoms with E-state index in [1.165, 1.54) is 11.3 Å². The number of hydrogen-bond acceptors (Lipinski definition) is 5. The van der Waals surface area contributed by atoms with Gasteiger partial charge < -0.3 is 19.5 Å². The first-order valence-corrected chi connectivity index (χ1v) is 9.27. The summed E-state index contributed by atoms with van der Waals surface area (Å²) in [5.41, 5.74) is 2.65. The lowest BCUT2D eigenvalue weighted by molar-refractivity contribution is 0.103. The number of anilines is 1. The summed E-state index contributed by atoms with van der Waals surface area (Å²) >= 11 is 1.38. The van der Waals surface area contributed by atoms with Crippen LogP contribution < -0.4 is 19.5 Å². The number of rotatable bonds is 7. The van der Waals surface area contributed by atoms with Gasteiger partial charge in [-0.05, 0) is 60.3 Å². The fraction of sp³-hybridized carbons (Fsp3) is 0.190. The maximum Gasteiger partial charge on any atom is 0.265 e. The molecular formula is C21H21NO4S. The van der Waals surface area contributed by atoms with Crippen molar-refractivity contribution in [3.63, 3.8) is 0 Å². The molecule has 6 heteroatoms. The molecule has 27 heavy (non-hydrogen) atoms. The minimum Gasteiger partial charge on any atom is -0.497 e. The Balaban J connectivity index is 1.62. The second-order valence-corrected chi connectivity index (χ2v) is 6.85. The number of amides is 1. The molecule has 0 saturated carbocycles. The van der Waals surface area contributed by atoms with Gasteiger partial charge in [-0.15, -0.1) is 11.3 Å². The topological polar surface area (TPSA) is 56.8 Å². The smallest absolute Gasteiger partial charge is 0.265 e. The zero-order valence-corrected chi connectivity index (χ0v) is 16.3. The van der Waals surface area contributed by atoms with E-state index in [4.69, 9.17) is 14.2 Å². The lowest BCUT2D eigenvalue weighted by Crippen LogP contribution is -2.11. The van der Waals surface area contributed by atoms with Crippen LogP contribution >= 0.6 is 11.3 Å². The lowest BCUT2D eigenvalue weighted by Gasteiger charge is -2.10. The van der Waals surface area contributed by atoms with Crippen molar-refractivity contribution in [2.75, 3.05) is 19.5 Å². The lowest BCUT2D eigenvalue weighted by atomic mass is 10.2. The first-order chi connectivity index (χ1) is 13.1. The van der Waals surface area contributed by atoms with E-state index in [1.807, 2.05) is 60.8 Å². The highest BCUT2D eigenvalue weighted by molar-refractivity contribution is 7.12. The second kappa shape index (κ2) is 8.60. The molecule has 0 spiro atoms. The van der Waals surface area contributed by atoms with E-state index in [2.05, 4.69) is 5.32 Å². The van der Waals surface area contributed by atoms with Crippen LogP contribution in [0.15, 0.2) is 53.9 Å². The molecule has 1 N–H and O–H groups in total. The third-order valence-corrected chi connectivity index (χ3v) is 4.92. The Hall–Kier alpha value is -2.99. The normalized spacial score (nSPS) is 10.3.